The number of carbonyl (C=O) groups is 2. The standard InChI is InChI=1S/C15H18BrFN2O2/c1-3-4-13-14(20)18-9(2)15(21)19(13)8-10-5-6-11(16)7-12(10)17/h5-7,9,13H,3-4,8H2,1-2H3,(H,18,20). The first kappa shape index (κ1) is 15.9. The van der Waals surface area contributed by atoms with Crippen molar-refractivity contribution in [1.29, 1.82) is 0 Å². The Morgan fingerprint density at radius 3 is 2.71 bits per heavy atom. The molecule has 21 heavy (non-hydrogen) atoms. The predicted molar refractivity (Wildman–Crippen MR) is 81.0 cm³/mol. The van der Waals surface area contributed by atoms with E-state index in [-0.39, 0.29) is 24.2 Å². The monoisotopic (exact) mass is 356 g/mol. The fourth-order valence-electron chi connectivity index (χ4n) is 2.50. The molecule has 4 nitrogen and oxygen atoms in total. The minimum atomic E-state index is -0.566. The molecule has 1 aliphatic rings. The second-order valence-corrected chi connectivity index (χ2v) is 6.15. The third-order valence-corrected chi connectivity index (χ3v) is 4.10. The zero-order valence-electron chi connectivity index (χ0n) is 12.0. The molecule has 1 saturated heterocycles. The lowest BCUT2D eigenvalue weighted by molar-refractivity contribution is -0.149. The van der Waals surface area contributed by atoms with Gasteiger partial charge < -0.3 is 10.2 Å². The summed E-state index contributed by atoms with van der Waals surface area (Å²) >= 11 is 3.20. The highest BCUT2D eigenvalue weighted by molar-refractivity contribution is 9.10. The normalized spacial score (nSPS) is 22.4. The molecule has 0 spiro atoms. The van der Waals surface area contributed by atoms with Crippen molar-refractivity contribution in [2.45, 2.75) is 45.3 Å². The van der Waals surface area contributed by atoms with E-state index in [9.17, 15) is 14.0 Å². The Kier molecular flexibility index (Phi) is 4.98. The van der Waals surface area contributed by atoms with Crippen LogP contribution in [-0.4, -0.2) is 28.8 Å². The van der Waals surface area contributed by atoms with Crippen molar-refractivity contribution in [2.24, 2.45) is 0 Å². The lowest BCUT2D eigenvalue weighted by Crippen LogP contribution is -2.61. The molecule has 0 bridgehead atoms. The molecule has 0 aromatic heterocycles. The zero-order chi connectivity index (χ0) is 15.6. The van der Waals surface area contributed by atoms with Crippen LogP contribution in [0.4, 0.5) is 4.39 Å². The number of nitrogens with one attached hydrogen (secondary N) is 1. The molecule has 2 atom stereocenters. The van der Waals surface area contributed by atoms with Crippen molar-refractivity contribution in [3.05, 3.63) is 34.1 Å². The minimum absolute atomic E-state index is 0.111. The fourth-order valence-corrected chi connectivity index (χ4v) is 2.83. The van der Waals surface area contributed by atoms with Gasteiger partial charge in [-0.2, -0.15) is 0 Å². The lowest BCUT2D eigenvalue weighted by atomic mass is 10.0. The van der Waals surface area contributed by atoms with Gasteiger partial charge in [-0.1, -0.05) is 35.3 Å². The second-order valence-electron chi connectivity index (χ2n) is 5.24. The van der Waals surface area contributed by atoms with Gasteiger partial charge in [0.15, 0.2) is 0 Å². The Hall–Kier alpha value is -1.43. The topological polar surface area (TPSA) is 49.4 Å². The summed E-state index contributed by atoms with van der Waals surface area (Å²) in [5.41, 5.74) is 0.412. The zero-order valence-corrected chi connectivity index (χ0v) is 13.6. The van der Waals surface area contributed by atoms with Crippen LogP contribution in [0.2, 0.25) is 0 Å². The molecule has 6 heteroatoms. The SMILES string of the molecule is CCCC1C(=O)NC(C)C(=O)N1Cc1ccc(Br)cc1F. The molecule has 2 rings (SSSR count). The number of benzene rings is 1. The van der Waals surface area contributed by atoms with Crippen molar-refractivity contribution < 1.29 is 14.0 Å². The van der Waals surface area contributed by atoms with Gasteiger partial charge in [0.1, 0.15) is 17.9 Å². The van der Waals surface area contributed by atoms with Gasteiger partial charge in [-0.3, -0.25) is 9.59 Å². The van der Waals surface area contributed by atoms with Crippen LogP contribution in [0.5, 0.6) is 0 Å². The van der Waals surface area contributed by atoms with Gasteiger partial charge in [0.25, 0.3) is 0 Å². The Morgan fingerprint density at radius 1 is 1.38 bits per heavy atom. The lowest BCUT2D eigenvalue weighted by Gasteiger charge is -2.38. The quantitative estimate of drug-likeness (QED) is 0.901. The van der Waals surface area contributed by atoms with Crippen molar-refractivity contribution in [3.8, 4) is 0 Å². The van der Waals surface area contributed by atoms with Crippen molar-refractivity contribution >= 4 is 27.7 Å². The van der Waals surface area contributed by atoms with Crippen LogP contribution < -0.4 is 5.32 Å². The molecule has 1 heterocycles. The van der Waals surface area contributed by atoms with E-state index >= 15 is 0 Å². The van der Waals surface area contributed by atoms with E-state index in [1.54, 1.807) is 19.1 Å². The smallest absolute Gasteiger partial charge is 0.245 e. The van der Waals surface area contributed by atoms with Gasteiger partial charge >= 0.3 is 0 Å². The molecule has 1 fully saturated rings. The van der Waals surface area contributed by atoms with Gasteiger partial charge in [0.2, 0.25) is 11.8 Å². The van der Waals surface area contributed by atoms with Crippen LogP contribution in [0, 0.1) is 5.82 Å². The first-order valence-corrected chi connectivity index (χ1v) is 7.78. The highest BCUT2D eigenvalue weighted by atomic mass is 79.9. The summed E-state index contributed by atoms with van der Waals surface area (Å²) in [6, 6.07) is 3.63. The second kappa shape index (κ2) is 6.56. The highest BCUT2D eigenvalue weighted by Crippen LogP contribution is 2.21. The summed E-state index contributed by atoms with van der Waals surface area (Å²) < 4.78 is 14.6. The van der Waals surface area contributed by atoms with Crippen LogP contribution >= 0.6 is 15.9 Å². The number of carbonyl (C=O) groups excluding carboxylic acids is 2. The van der Waals surface area contributed by atoms with E-state index in [4.69, 9.17) is 0 Å². The molecule has 2 amide bonds. The molecule has 0 saturated carbocycles. The maximum absolute atomic E-state index is 14.0. The van der Waals surface area contributed by atoms with Crippen LogP contribution in [0.25, 0.3) is 0 Å². The maximum Gasteiger partial charge on any atom is 0.245 e. The summed E-state index contributed by atoms with van der Waals surface area (Å²) in [7, 11) is 0. The van der Waals surface area contributed by atoms with Gasteiger partial charge in [-0.25, -0.2) is 4.39 Å². The molecule has 0 radical (unpaired) electrons. The number of piperazine rings is 1. The van der Waals surface area contributed by atoms with Gasteiger partial charge in [-0.15, -0.1) is 0 Å². The van der Waals surface area contributed by atoms with Gasteiger partial charge in [-0.05, 0) is 25.5 Å². The molecular weight excluding hydrogens is 339 g/mol. The largest absolute Gasteiger partial charge is 0.343 e. The first-order valence-electron chi connectivity index (χ1n) is 6.98. The molecule has 1 N–H and O–H groups in total. The van der Waals surface area contributed by atoms with Crippen molar-refractivity contribution in [3.63, 3.8) is 0 Å². The summed E-state index contributed by atoms with van der Waals surface area (Å²) in [5.74, 6) is -0.720. The molecule has 2 unspecified atom stereocenters. The Labute approximate surface area is 131 Å². The third-order valence-electron chi connectivity index (χ3n) is 3.61. The van der Waals surface area contributed by atoms with E-state index in [0.717, 1.165) is 6.42 Å². The van der Waals surface area contributed by atoms with Gasteiger partial charge in [0.05, 0.1) is 0 Å². The van der Waals surface area contributed by atoms with Crippen molar-refractivity contribution in [2.75, 3.05) is 0 Å². The van der Waals surface area contributed by atoms with Crippen LogP contribution in [-0.2, 0) is 16.1 Å². The van der Waals surface area contributed by atoms with Crippen LogP contribution in [0.1, 0.15) is 32.3 Å². The Bertz CT molecular complexity index is 565. The number of hydrogen-bond acceptors (Lipinski definition) is 2. The minimum Gasteiger partial charge on any atom is -0.343 e. The highest BCUT2D eigenvalue weighted by Gasteiger charge is 2.38. The summed E-state index contributed by atoms with van der Waals surface area (Å²) in [4.78, 5) is 25.9. The number of halogens is 2. The fraction of sp³-hybridized carbons (Fsp3) is 0.467. The van der Waals surface area contributed by atoms with E-state index < -0.39 is 12.1 Å². The summed E-state index contributed by atoms with van der Waals surface area (Å²) in [6.07, 6.45) is 1.35. The Morgan fingerprint density at radius 2 is 2.10 bits per heavy atom. The van der Waals surface area contributed by atoms with Crippen LogP contribution in [0.3, 0.4) is 0 Å². The van der Waals surface area contributed by atoms with Gasteiger partial charge in [0, 0.05) is 16.6 Å². The maximum atomic E-state index is 14.0. The average Bonchev–Trinajstić information content (AvgIpc) is 2.42. The molecule has 1 aromatic carbocycles. The molecule has 1 aliphatic heterocycles. The molecular formula is C15H18BrFN2O2. The number of amides is 2. The van der Waals surface area contributed by atoms with Crippen LogP contribution in [0.15, 0.2) is 22.7 Å². The first-order chi connectivity index (χ1) is 9.93. The molecule has 0 aliphatic carbocycles. The molecule has 114 valence electrons. The van der Waals surface area contributed by atoms with E-state index in [1.165, 1.54) is 11.0 Å². The van der Waals surface area contributed by atoms with E-state index in [0.29, 0.717) is 16.5 Å². The average molecular weight is 357 g/mol. The predicted octanol–water partition coefficient (Wildman–Crippen LogP) is 2.60. The number of rotatable bonds is 4. The van der Waals surface area contributed by atoms with E-state index in [2.05, 4.69) is 21.2 Å². The van der Waals surface area contributed by atoms with E-state index in [1.807, 2.05) is 6.92 Å². The van der Waals surface area contributed by atoms with Crippen molar-refractivity contribution in [1.82, 2.24) is 10.2 Å². The number of hydrogen-bond donors (Lipinski definition) is 1. The third kappa shape index (κ3) is 3.43. The Balaban J connectivity index is 2.27. The molecule has 1 aromatic rings. The number of nitrogens with zero attached hydrogens (tertiary/aromatic N) is 1. The summed E-state index contributed by atoms with van der Waals surface area (Å²) in [5, 5.41) is 2.67. The summed E-state index contributed by atoms with van der Waals surface area (Å²) in [6.45, 7) is 3.71.